The van der Waals surface area contributed by atoms with Crippen LogP contribution in [0.4, 0.5) is 0 Å². The van der Waals surface area contributed by atoms with Crippen LogP contribution in [0, 0.1) is 6.92 Å². The summed E-state index contributed by atoms with van der Waals surface area (Å²) in [7, 11) is 0. The van der Waals surface area contributed by atoms with Gasteiger partial charge in [0.1, 0.15) is 0 Å². The fraction of sp³-hybridized carbons (Fsp3) is 0.333. The number of benzene rings is 2. The van der Waals surface area contributed by atoms with Gasteiger partial charge in [0.15, 0.2) is 0 Å². The number of carbonyl (C=O) groups is 1. The van der Waals surface area contributed by atoms with Gasteiger partial charge in [-0.15, -0.1) is 0 Å². The molecule has 0 spiro atoms. The van der Waals surface area contributed by atoms with Crippen LogP contribution in [-0.4, -0.2) is 44.9 Å². The SMILES string of the molecule is Cc1ccnn1-c1ccc(C(=O)NCc2ccc(CN3CCC(O)CC3)cc2)cc1. The Kier molecular flexibility index (Phi) is 6.26. The third-order valence-electron chi connectivity index (χ3n) is 5.65. The normalized spacial score (nSPS) is 15.3. The Balaban J connectivity index is 1.29. The van der Waals surface area contributed by atoms with E-state index in [1.54, 1.807) is 6.20 Å². The summed E-state index contributed by atoms with van der Waals surface area (Å²) in [5, 5.41) is 16.9. The van der Waals surface area contributed by atoms with Crippen molar-refractivity contribution in [2.24, 2.45) is 0 Å². The lowest BCUT2D eigenvalue weighted by Gasteiger charge is -2.29. The van der Waals surface area contributed by atoms with Gasteiger partial charge in [-0.05, 0) is 61.2 Å². The molecular formula is C24H28N4O2. The zero-order valence-corrected chi connectivity index (χ0v) is 17.3. The first-order valence-corrected chi connectivity index (χ1v) is 10.5. The van der Waals surface area contributed by atoms with Crippen LogP contribution in [0.1, 0.15) is 40.0 Å². The van der Waals surface area contributed by atoms with Crippen molar-refractivity contribution in [1.29, 1.82) is 0 Å². The fourth-order valence-electron chi connectivity index (χ4n) is 3.78. The Bertz CT molecular complexity index is 971. The maximum atomic E-state index is 12.5. The second kappa shape index (κ2) is 9.24. The highest BCUT2D eigenvalue weighted by Gasteiger charge is 2.16. The zero-order valence-electron chi connectivity index (χ0n) is 17.3. The Morgan fingerprint density at radius 1 is 1.03 bits per heavy atom. The van der Waals surface area contributed by atoms with E-state index in [0.29, 0.717) is 12.1 Å². The molecule has 6 heteroatoms. The highest BCUT2D eigenvalue weighted by molar-refractivity contribution is 5.94. The Morgan fingerprint density at radius 2 is 1.70 bits per heavy atom. The topological polar surface area (TPSA) is 70.4 Å². The molecule has 1 amide bonds. The molecule has 156 valence electrons. The molecule has 4 rings (SSSR count). The fourth-order valence-corrected chi connectivity index (χ4v) is 3.78. The molecule has 2 N–H and O–H groups in total. The van der Waals surface area contributed by atoms with E-state index in [0.717, 1.165) is 49.4 Å². The number of aryl methyl sites for hydroxylation is 1. The molecule has 1 aromatic heterocycles. The van der Waals surface area contributed by atoms with Gasteiger partial charge in [0, 0.05) is 43.6 Å². The van der Waals surface area contributed by atoms with Gasteiger partial charge >= 0.3 is 0 Å². The molecule has 0 aliphatic carbocycles. The molecule has 0 radical (unpaired) electrons. The van der Waals surface area contributed by atoms with E-state index >= 15 is 0 Å². The quantitative estimate of drug-likeness (QED) is 0.662. The maximum absolute atomic E-state index is 12.5. The number of hydrogen-bond acceptors (Lipinski definition) is 4. The summed E-state index contributed by atoms with van der Waals surface area (Å²) in [6.45, 7) is 5.28. The average molecular weight is 405 g/mol. The Hall–Kier alpha value is -2.96. The molecule has 0 saturated carbocycles. The molecule has 0 unspecified atom stereocenters. The van der Waals surface area contributed by atoms with Gasteiger partial charge in [-0.25, -0.2) is 4.68 Å². The highest BCUT2D eigenvalue weighted by atomic mass is 16.3. The Labute approximate surface area is 177 Å². The monoisotopic (exact) mass is 404 g/mol. The summed E-state index contributed by atoms with van der Waals surface area (Å²) in [4.78, 5) is 14.9. The van der Waals surface area contributed by atoms with Gasteiger partial charge in [-0.2, -0.15) is 5.10 Å². The van der Waals surface area contributed by atoms with Crippen molar-refractivity contribution in [3.63, 3.8) is 0 Å². The standard InChI is InChI=1S/C24H28N4O2/c1-18-10-13-26-28(18)22-8-6-21(7-9-22)24(30)25-16-19-2-4-20(5-3-19)17-27-14-11-23(29)12-15-27/h2-10,13,23,29H,11-12,14-17H2,1H3,(H,25,30). The molecule has 0 bridgehead atoms. The van der Waals surface area contributed by atoms with Crippen LogP contribution in [0.25, 0.3) is 5.69 Å². The molecular weight excluding hydrogens is 376 g/mol. The maximum Gasteiger partial charge on any atom is 0.251 e. The van der Waals surface area contributed by atoms with E-state index in [-0.39, 0.29) is 12.0 Å². The number of aromatic nitrogens is 2. The van der Waals surface area contributed by atoms with E-state index in [2.05, 4.69) is 39.6 Å². The number of likely N-dealkylation sites (tertiary alicyclic amines) is 1. The van der Waals surface area contributed by atoms with Gasteiger partial charge in [-0.1, -0.05) is 24.3 Å². The van der Waals surface area contributed by atoms with Crippen molar-refractivity contribution in [3.8, 4) is 5.69 Å². The first-order valence-electron chi connectivity index (χ1n) is 10.5. The molecule has 2 aromatic carbocycles. The number of piperidine rings is 1. The highest BCUT2D eigenvalue weighted by Crippen LogP contribution is 2.15. The number of rotatable bonds is 6. The molecule has 2 heterocycles. The summed E-state index contributed by atoms with van der Waals surface area (Å²) < 4.78 is 1.84. The van der Waals surface area contributed by atoms with Crippen molar-refractivity contribution in [1.82, 2.24) is 20.0 Å². The van der Waals surface area contributed by atoms with E-state index in [1.807, 2.05) is 41.9 Å². The Morgan fingerprint density at radius 3 is 2.33 bits per heavy atom. The predicted octanol–water partition coefficient (Wildman–Crippen LogP) is 3.07. The van der Waals surface area contributed by atoms with Crippen LogP contribution >= 0.6 is 0 Å². The average Bonchev–Trinajstić information content (AvgIpc) is 3.20. The van der Waals surface area contributed by atoms with Gasteiger partial charge in [-0.3, -0.25) is 9.69 Å². The second-order valence-electron chi connectivity index (χ2n) is 7.94. The van der Waals surface area contributed by atoms with Gasteiger partial charge < -0.3 is 10.4 Å². The van der Waals surface area contributed by atoms with Crippen molar-refractivity contribution >= 4 is 5.91 Å². The number of amides is 1. The number of carbonyl (C=O) groups excluding carboxylic acids is 1. The molecule has 1 aliphatic heterocycles. The minimum absolute atomic E-state index is 0.0883. The van der Waals surface area contributed by atoms with Gasteiger partial charge in [0.25, 0.3) is 5.91 Å². The largest absolute Gasteiger partial charge is 0.393 e. The molecule has 3 aromatic rings. The summed E-state index contributed by atoms with van der Waals surface area (Å²) in [5.41, 5.74) is 4.95. The molecule has 0 atom stereocenters. The smallest absolute Gasteiger partial charge is 0.251 e. The third-order valence-corrected chi connectivity index (χ3v) is 5.65. The zero-order chi connectivity index (χ0) is 20.9. The lowest BCUT2D eigenvalue weighted by Crippen LogP contribution is -2.35. The van der Waals surface area contributed by atoms with Crippen LogP contribution in [0.2, 0.25) is 0 Å². The molecule has 6 nitrogen and oxygen atoms in total. The first-order chi connectivity index (χ1) is 14.6. The lowest BCUT2D eigenvalue weighted by atomic mass is 10.1. The van der Waals surface area contributed by atoms with E-state index in [4.69, 9.17) is 0 Å². The van der Waals surface area contributed by atoms with Gasteiger partial charge in [0.2, 0.25) is 0 Å². The lowest BCUT2D eigenvalue weighted by molar-refractivity contribution is 0.0792. The van der Waals surface area contributed by atoms with E-state index in [9.17, 15) is 9.90 Å². The number of hydrogen-bond donors (Lipinski definition) is 2. The summed E-state index contributed by atoms with van der Waals surface area (Å²) >= 11 is 0. The van der Waals surface area contributed by atoms with Crippen LogP contribution in [0.3, 0.4) is 0 Å². The molecule has 30 heavy (non-hydrogen) atoms. The van der Waals surface area contributed by atoms with Crippen LogP contribution in [-0.2, 0) is 13.1 Å². The van der Waals surface area contributed by atoms with Crippen LogP contribution < -0.4 is 5.32 Å². The van der Waals surface area contributed by atoms with Crippen molar-refractivity contribution in [2.75, 3.05) is 13.1 Å². The van der Waals surface area contributed by atoms with Gasteiger partial charge in [0.05, 0.1) is 11.8 Å². The van der Waals surface area contributed by atoms with Crippen LogP contribution in [0.15, 0.2) is 60.8 Å². The third kappa shape index (κ3) is 4.96. The van der Waals surface area contributed by atoms with E-state index in [1.165, 1.54) is 5.56 Å². The van der Waals surface area contributed by atoms with Crippen molar-refractivity contribution < 1.29 is 9.90 Å². The number of nitrogens with one attached hydrogen (secondary N) is 1. The summed E-state index contributed by atoms with van der Waals surface area (Å²) in [6.07, 6.45) is 3.33. The van der Waals surface area contributed by atoms with E-state index < -0.39 is 0 Å². The number of aliphatic hydroxyl groups excluding tert-OH is 1. The number of nitrogens with zero attached hydrogens (tertiary/aromatic N) is 3. The second-order valence-corrected chi connectivity index (χ2v) is 7.94. The summed E-state index contributed by atoms with van der Waals surface area (Å²) in [6, 6.07) is 17.8. The summed E-state index contributed by atoms with van der Waals surface area (Å²) in [5.74, 6) is -0.0883. The predicted molar refractivity (Wildman–Crippen MR) is 116 cm³/mol. The van der Waals surface area contributed by atoms with Crippen molar-refractivity contribution in [2.45, 2.75) is 39.0 Å². The molecule has 1 aliphatic rings. The van der Waals surface area contributed by atoms with Crippen molar-refractivity contribution in [3.05, 3.63) is 83.2 Å². The number of aliphatic hydroxyl groups is 1. The molecule has 1 fully saturated rings. The first kappa shape index (κ1) is 20.3. The van der Waals surface area contributed by atoms with Crippen LogP contribution in [0.5, 0.6) is 0 Å². The minimum Gasteiger partial charge on any atom is -0.393 e. The molecule has 1 saturated heterocycles. The minimum atomic E-state index is -0.141.